The number of hydrogen-bond acceptors (Lipinski definition) is 4. The van der Waals surface area contributed by atoms with Gasteiger partial charge < -0.3 is 24.7 Å². The molecule has 0 amide bonds. The number of likely N-dealkylation sites (N-methyl/N-ethyl adjacent to an activating group) is 1. The summed E-state index contributed by atoms with van der Waals surface area (Å²) in [5, 5.41) is 15.6. The number of para-hydroxylation sites is 1. The van der Waals surface area contributed by atoms with Gasteiger partial charge in [-0.15, -0.1) is 0 Å². The average molecular weight is 402 g/mol. The molecule has 0 aromatic heterocycles. The lowest BCUT2D eigenvalue weighted by molar-refractivity contribution is -0.134. The molecule has 0 unspecified atom stereocenters. The van der Waals surface area contributed by atoms with Gasteiger partial charge in [-0.3, -0.25) is 0 Å². The predicted octanol–water partition coefficient (Wildman–Crippen LogP) is 1.84. The van der Waals surface area contributed by atoms with Crippen molar-refractivity contribution < 1.29 is 24.5 Å². The molecule has 2 saturated heterocycles. The highest BCUT2D eigenvalue weighted by Crippen LogP contribution is 2.16. The van der Waals surface area contributed by atoms with E-state index >= 15 is 0 Å². The number of carboxylic acids is 2. The number of likely N-dealkylation sites (tertiary alicyclic amines) is 1. The minimum absolute atomic E-state index is 0.558. The van der Waals surface area contributed by atoms with Crippen molar-refractivity contribution in [1.29, 1.82) is 0 Å². The molecule has 9 heteroatoms. The molecule has 2 aliphatic heterocycles. The molecule has 9 nitrogen and oxygen atoms in total. The Bertz CT molecular complexity index is 754. The SMILES string of the molecule is CN1CCOC/C1=N\C(=N\c1ccccc1)N1CCCC1.O=C(O)/C=C/C(=O)O. The van der Waals surface area contributed by atoms with Gasteiger partial charge in [0.2, 0.25) is 5.96 Å². The van der Waals surface area contributed by atoms with Gasteiger partial charge in [-0.1, -0.05) is 18.2 Å². The van der Waals surface area contributed by atoms with E-state index in [0.29, 0.717) is 18.8 Å². The monoisotopic (exact) mass is 402 g/mol. The summed E-state index contributed by atoms with van der Waals surface area (Å²) in [5.41, 5.74) is 0.947. The van der Waals surface area contributed by atoms with E-state index in [0.717, 1.165) is 43.7 Å². The number of carbonyl (C=O) groups is 2. The number of carboxylic acid groups (broad SMARTS) is 2. The largest absolute Gasteiger partial charge is 0.478 e. The number of aliphatic imine (C=N–C) groups is 2. The van der Waals surface area contributed by atoms with E-state index in [1.54, 1.807) is 0 Å². The van der Waals surface area contributed by atoms with E-state index in [1.165, 1.54) is 12.8 Å². The van der Waals surface area contributed by atoms with E-state index < -0.39 is 11.9 Å². The van der Waals surface area contributed by atoms with Crippen LogP contribution in [0, 0.1) is 0 Å². The van der Waals surface area contributed by atoms with Crippen molar-refractivity contribution in [3.8, 4) is 0 Å². The van der Waals surface area contributed by atoms with Crippen LogP contribution in [0.1, 0.15) is 12.8 Å². The first kappa shape index (κ1) is 22.1. The Balaban J connectivity index is 0.000000321. The maximum absolute atomic E-state index is 9.55. The van der Waals surface area contributed by atoms with E-state index in [4.69, 9.17) is 24.9 Å². The number of hydrogen-bond donors (Lipinski definition) is 2. The quantitative estimate of drug-likeness (QED) is 0.450. The maximum atomic E-state index is 9.55. The summed E-state index contributed by atoms with van der Waals surface area (Å²) in [6.45, 7) is 4.29. The van der Waals surface area contributed by atoms with Crippen molar-refractivity contribution in [2.24, 2.45) is 9.98 Å². The van der Waals surface area contributed by atoms with Crippen LogP contribution in [0.25, 0.3) is 0 Å². The fourth-order valence-electron chi connectivity index (χ4n) is 2.68. The molecule has 2 aliphatic rings. The zero-order chi connectivity index (χ0) is 21.1. The molecule has 156 valence electrons. The van der Waals surface area contributed by atoms with Crippen LogP contribution in [0.5, 0.6) is 0 Å². The van der Waals surface area contributed by atoms with Gasteiger partial charge in [0, 0.05) is 38.8 Å². The molecule has 2 fully saturated rings. The van der Waals surface area contributed by atoms with E-state index in [-0.39, 0.29) is 0 Å². The highest BCUT2D eigenvalue weighted by atomic mass is 16.5. The molecule has 0 saturated carbocycles. The summed E-state index contributed by atoms with van der Waals surface area (Å²) in [6, 6.07) is 10.0. The van der Waals surface area contributed by atoms with Gasteiger partial charge >= 0.3 is 11.9 Å². The standard InChI is InChI=1S/C16H22N4O.C4H4O4/c1-19-11-12-21-13-15(19)18-16(20-9-5-6-10-20)17-14-7-3-2-4-8-14;5-3(6)1-2-4(7)8/h2-4,7-8H,5-6,9-13H2,1H3;1-2H,(H,5,6)(H,7,8)/b17-16-,18-15+;2-1+. The molecule has 0 atom stereocenters. The summed E-state index contributed by atoms with van der Waals surface area (Å²) < 4.78 is 5.52. The first-order chi connectivity index (χ1) is 14.0. The number of aliphatic carboxylic acids is 2. The lowest BCUT2D eigenvalue weighted by Gasteiger charge is -2.27. The third-order valence-corrected chi connectivity index (χ3v) is 4.21. The van der Waals surface area contributed by atoms with Crippen LogP contribution in [-0.4, -0.2) is 83.6 Å². The second kappa shape index (κ2) is 11.6. The van der Waals surface area contributed by atoms with Gasteiger partial charge in [0.25, 0.3) is 0 Å². The molecule has 0 aliphatic carbocycles. The molecule has 1 aromatic carbocycles. The van der Waals surface area contributed by atoms with E-state index in [9.17, 15) is 9.59 Å². The van der Waals surface area contributed by atoms with Gasteiger partial charge in [0.15, 0.2) is 0 Å². The third kappa shape index (κ3) is 8.14. The van der Waals surface area contributed by atoms with Crippen LogP contribution < -0.4 is 0 Å². The molecule has 0 radical (unpaired) electrons. The van der Waals surface area contributed by atoms with Gasteiger partial charge in [0.05, 0.1) is 12.3 Å². The summed E-state index contributed by atoms with van der Waals surface area (Å²) in [6.07, 6.45) is 3.54. The zero-order valence-corrected chi connectivity index (χ0v) is 16.4. The average Bonchev–Trinajstić information content (AvgIpc) is 3.24. The smallest absolute Gasteiger partial charge is 0.328 e. The molecule has 29 heavy (non-hydrogen) atoms. The van der Waals surface area contributed by atoms with Crippen molar-refractivity contribution in [1.82, 2.24) is 9.80 Å². The lowest BCUT2D eigenvalue weighted by atomic mass is 10.3. The van der Waals surface area contributed by atoms with Gasteiger partial charge in [-0.2, -0.15) is 4.99 Å². The van der Waals surface area contributed by atoms with Crippen LogP contribution in [0.15, 0.2) is 52.5 Å². The normalized spacial score (nSPS) is 18.7. The Hall–Kier alpha value is -3.20. The first-order valence-corrected chi connectivity index (χ1v) is 9.35. The summed E-state index contributed by atoms with van der Waals surface area (Å²) in [5.74, 6) is -0.742. The van der Waals surface area contributed by atoms with Gasteiger partial charge in [-0.05, 0) is 25.0 Å². The highest BCUT2D eigenvalue weighted by Gasteiger charge is 2.19. The topological polar surface area (TPSA) is 115 Å². The molecule has 2 heterocycles. The van der Waals surface area contributed by atoms with Gasteiger partial charge in [0.1, 0.15) is 12.4 Å². The fraction of sp³-hybridized carbons (Fsp3) is 0.400. The van der Waals surface area contributed by atoms with Crippen molar-refractivity contribution in [3.05, 3.63) is 42.5 Å². The Morgan fingerprint density at radius 1 is 1.03 bits per heavy atom. The minimum atomic E-state index is -1.26. The minimum Gasteiger partial charge on any atom is -0.478 e. The Labute approximate surface area is 169 Å². The molecular weight excluding hydrogens is 376 g/mol. The Kier molecular flexibility index (Phi) is 8.84. The van der Waals surface area contributed by atoms with Crippen molar-refractivity contribution >= 4 is 29.4 Å². The lowest BCUT2D eigenvalue weighted by Crippen LogP contribution is -2.40. The fourth-order valence-corrected chi connectivity index (χ4v) is 2.68. The maximum Gasteiger partial charge on any atom is 0.328 e. The van der Waals surface area contributed by atoms with E-state index in [1.807, 2.05) is 30.3 Å². The highest BCUT2D eigenvalue weighted by molar-refractivity contribution is 5.97. The zero-order valence-electron chi connectivity index (χ0n) is 16.4. The van der Waals surface area contributed by atoms with Crippen molar-refractivity contribution in [2.75, 3.05) is 39.9 Å². The molecule has 0 bridgehead atoms. The van der Waals surface area contributed by atoms with Crippen LogP contribution in [-0.2, 0) is 14.3 Å². The molecule has 3 rings (SSSR count). The number of nitrogens with zero attached hydrogens (tertiary/aromatic N) is 4. The van der Waals surface area contributed by atoms with Crippen LogP contribution in [0.2, 0.25) is 0 Å². The van der Waals surface area contributed by atoms with Crippen LogP contribution in [0.4, 0.5) is 5.69 Å². The third-order valence-electron chi connectivity index (χ3n) is 4.21. The predicted molar refractivity (Wildman–Crippen MR) is 110 cm³/mol. The second-order valence-electron chi connectivity index (χ2n) is 6.45. The summed E-state index contributed by atoms with van der Waals surface area (Å²) in [7, 11) is 2.06. The summed E-state index contributed by atoms with van der Waals surface area (Å²) >= 11 is 0. The Morgan fingerprint density at radius 3 is 2.21 bits per heavy atom. The van der Waals surface area contributed by atoms with Crippen LogP contribution >= 0.6 is 0 Å². The number of ether oxygens (including phenoxy) is 1. The molecule has 2 N–H and O–H groups in total. The first-order valence-electron chi connectivity index (χ1n) is 9.35. The summed E-state index contributed by atoms with van der Waals surface area (Å²) in [4.78, 5) is 33.1. The molecule has 0 spiro atoms. The molecular formula is C20H26N4O5. The van der Waals surface area contributed by atoms with Gasteiger partial charge in [-0.25, -0.2) is 14.6 Å². The number of morpholine rings is 1. The Morgan fingerprint density at radius 2 is 1.66 bits per heavy atom. The van der Waals surface area contributed by atoms with Crippen molar-refractivity contribution in [2.45, 2.75) is 12.8 Å². The van der Waals surface area contributed by atoms with Crippen molar-refractivity contribution in [3.63, 3.8) is 0 Å². The van der Waals surface area contributed by atoms with E-state index in [2.05, 4.69) is 16.8 Å². The second-order valence-corrected chi connectivity index (χ2v) is 6.45. The number of rotatable bonds is 3. The number of amidine groups is 1. The number of benzene rings is 1. The number of guanidine groups is 1. The van der Waals surface area contributed by atoms with Crippen LogP contribution in [0.3, 0.4) is 0 Å². The molecule has 1 aromatic rings.